The van der Waals surface area contributed by atoms with Crippen LogP contribution in [0.5, 0.6) is 0 Å². The van der Waals surface area contributed by atoms with Crippen LogP contribution in [0.15, 0.2) is 65.5 Å². The molecule has 0 saturated carbocycles. The number of amides is 3. The van der Waals surface area contributed by atoms with Crippen molar-refractivity contribution in [3.8, 4) is 5.69 Å². The van der Waals surface area contributed by atoms with E-state index in [1.165, 1.54) is 6.26 Å². The Labute approximate surface area is 156 Å². The van der Waals surface area contributed by atoms with E-state index in [1.807, 2.05) is 36.5 Å². The molecule has 0 spiro atoms. The van der Waals surface area contributed by atoms with E-state index >= 15 is 0 Å². The molecule has 3 aromatic rings. The van der Waals surface area contributed by atoms with E-state index in [9.17, 15) is 9.59 Å². The Balaban J connectivity index is 1.44. The van der Waals surface area contributed by atoms with Gasteiger partial charge in [-0.25, -0.2) is 9.48 Å². The van der Waals surface area contributed by atoms with Gasteiger partial charge in [0.1, 0.15) is 5.76 Å². The maximum absolute atomic E-state index is 12.2. The third-order valence-electron chi connectivity index (χ3n) is 3.91. The first-order chi connectivity index (χ1) is 13.1. The number of carbonyl (C=O) groups excluding carboxylic acids is 2. The minimum Gasteiger partial charge on any atom is -0.467 e. The van der Waals surface area contributed by atoms with E-state index in [1.54, 1.807) is 35.0 Å². The summed E-state index contributed by atoms with van der Waals surface area (Å²) in [6.07, 6.45) is 5.14. The number of furan rings is 1. The van der Waals surface area contributed by atoms with Crippen LogP contribution in [-0.4, -0.2) is 40.2 Å². The van der Waals surface area contributed by atoms with Gasteiger partial charge in [0.25, 0.3) is 0 Å². The van der Waals surface area contributed by atoms with E-state index in [0.717, 1.165) is 11.3 Å². The lowest BCUT2D eigenvalue weighted by Gasteiger charge is -2.16. The summed E-state index contributed by atoms with van der Waals surface area (Å²) in [6, 6.07) is 12.8. The largest absolute Gasteiger partial charge is 0.467 e. The number of aromatic nitrogens is 2. The van der Waals surface area contributed by atoms with Crippen LogP contribution in [0.25, 0.3) is 5.69 Å². The molecule has 8 nitrogen and oxygen atoms in total. The second kappa shape index (κ2) is 8.70. The monoisotopic (exact) mass is 367 g/mol. The van der Waals surface area contributed by atoms with Crippen molar-refractivity contribution in [1.82, 2.24) is 25.3 Å². The molecule has 8 heteroatoms. The Morgan fingerprint density at radius 3 is 2.70 bits per heavy atom. The highest BCUT2D eigenvalue weighted by Crippen LogP contribution is 2.09. The van der Waals surface area contributed by atoms with Crippen LogP contribution in [0.1, 0.15) is 11.3 Å². The molecule has 0 aliphatic carbocycles. The number of nitrogens with one attached hydrogen (secondary N) is 2. The van der Waals surface area contributed by atoms with Crippen LogP contribution in [0, 0.1) is 0 Å². The van der Waals surface area contributed by atoms with Crippen molar-refractivity contribution in [2.45, 2.75) is 13.1 Å². The third-order valence-corrected chi connectivity index (χ3v) is 3.91. The Bertz CT molecular complexity index is 874. The molecule has 3 amide bonds. The zero-order valence-electron chi connectivity index (χ0n) is 15.0. The molecule has 0 saturated heterocycles. The molecule has 0 atom stereocenters. The van der Waals surface area contributed by atoms with E-state index < -0.39 is 6.03 Å². The highest BCUT2D eigenvalue weighted by Gasteiger charge is 2.12. The summed E-state index contributed by atoms with van der Waals surface area (Å²) in [4.78, 5) is 25.5. The summed E-state index contributed by atoms with van der Waals surface area (Å²) in [5, 5.41) is 9.47. The van der Waals surface area contributed by atoms with Crippen LogP contribution in [0.4, 0.5) is 4.79 Å². The van der Waals surface area contributed by atoms with Crippen molar-refractivity contribution >= 4 is 11.9 Å². The second-order valence-electron chi connectivity index (χ2n) is 5.99. The van der Waals surface area contributed by atoms with Gasteiger partial charge in [0.05, 0.1) is 31.2 Å². The molecular formula is C19H21N5O3. The van der Waals surface area contributed by atoms with E-state index in [4.69, 9.17) is 4.42 Å². The molecule has 0 fully saturated rings. The lowest BCUT2D eigenvalue weighted by Crippen LogP contribution is -2.42. The summed E-state index contributed by atoms with van der Waals surface area (Å²) >= 11 is 0. The van der Waals surface area contributed by atoms with Crippen molar-refractivity contribution in [3.05, 3.63) is 72.4 Å². The van der Waals surface area contributed by atoms with Gasteiger partial charge in [0, 0.05) is 25.4 Å². The van der Waals surface area contributed by atoms with Crippen molar-refractivity contribution in [3.63, 3.8) is 0 Å². The molecular weight excluding hydrogens is 346 g/mol. The predicted octanol–water partition coefficient (Wildman–Crippen LogP) is 1.92. The van der Waals surface area contributed by atoms with Gasteiger partial charge in [-0.15, -0.1) is 0 Å². The molecule has 1 aromatic carbocycles. The molecule has 3 rings (SSSR count). The van der Waals surface area contributed by atoms with Crippen LogP contribution >= 0.6 is 0 Å². The molecule has 2 heterocycles. The Kier molecular flexibility index (Phi) is 5.88. The van der Waals surface area contributed by atoms with Crippen LogP contribution < -0.4 is 10.6 Å². The lowest BCUT2D eigenvalue weighted by atomic mass is 10.3. The zero-order chi connectivity index (χ0) is 19.1. The Morgan fingerprint density at radius 1 is 1.15 bits per heavy atom. The summed E-state index contributed by atoms with van der Waals surface area (Å²) in [6.45, 7) is 0.580. The summed E-state index contributed by atoms with van der Waals surface area (Å²) < 4.78 is 6.88. The Morgan fingerprint density at radius 2 is 1.96 bits per heavy atom. The lowest BCUT2D eigenvalue weighted by molar-refractivity contribution is -0.129. The standard InChI is InChI=1S/C19H21N5O3/c1-23(13-15-10-22-24(14-15)16-6-3-2-4-7-16)18(25)12-21-19(26)20-11-17-8-5-9-27-17/h2-10,14H,11-13H2,1H3,(H2,20,21,26). The maximum atomic E-state index is 12.2. The Hall–Kier alpha value is -3.55. The molecule has 140 valence electrons. The van der Waals surface area contributed by atoms with E-state index in [0.29, 0.717) is 12.3 Å². The number of para-hydroxylation sites is 1. The minimum atomic E-state index is -0.426. The SMILES string of the molecule is CN(Cc1cnn(-c2ccccc2)c1)C(=O)CNC(=O)NCc1ccco1. The van der Waals surface area contributed by atoms with Gasteiger partial charge >= 0.3 is 6.03 Å². The van der Waals surface area contributed by atoms with Crippen molar-refractivity contribution < 1.29 is 14.0 Å². The minimum absolute atomic E-state index is 0.0900. The molecule has 0 aliphatic heterocycles. The van der Waals surface area contributed by atoms with Gasteiger partial charge in [-0.05, 0) is 24.3 Å². The topological polar surface area (TPSA) is 92.4 Å². The molecule has 0 bridgehead atoms. The van der Waals surface area contributed by atoms with Gasteiger partial charge < -0.3 is 20.0 Å². The number of hydrogen-bond donors (Lipinski definition) is 2. The van der Waals surface area contributed by atoms with E-state index in [2.05, 4.69) is 15.7 Å². The molecule has 0 radical (unpaired) electrons. The number of hydrogen-bond acceptors (Lipinski definition) is 4. The maximum Gasteiger partial charge on any atom is 0.315 e. The first-order valence-electron chi connectivity index (χ1n) is 8.49. The summed E-state index contributed by atoms with van der Waals surface area (Å²) in [7, 11) is 1.69. The number of urea groups is 1. The molecule has 2 aromatic heterocycles. The van der Waals surface area contributed by atoms with Gasteiger partial charge in [-0.1, -0.05) is 18.2 Å². The van der Waals surface area contributed by atoms with E-state index in [-0.39, 0.29) is 19.0 Å². The highest BCUT2D eigenvalue weighted by molar-refractivity contribution is 5.83. The summed E-state index contributed by atoms with van der Waals surface area (Å²) in [5.41, 5.74) is 1.85. The summed E-state index contributed by atoms with van der Waals surface area (Å²) in [5.74, 6) is 0.444. The van der Waals surface area contributed by atoms with Crippen LogP contribution in [0.2, 0.25) is 0 Å². The normalized spacial score (nSPS) is 10.4. The average Bonchev–Trinajstić information content (AvgIpc) is 3.37. The van der Waals surface area contributed by atoms with Gasteiger partial charge in [0.2, 0.25) is 5.91 Å². The molecule has 27 heavy (non-hydrogen) atoms. The smallest absolute Gasteiger partial charge is 0.315 e. The molecule has 0 unspecified atom stereocenters. The fourth-order valence-corrected chi connectivity index (χ4v) is 2.46. The quantitative estimate of drug-likeness (QED) is 0.667. The van der Waals surface area contributed by atoms with Gasteiger partial charge in [-0.2, -0.15) is 5.10 Å². The molecule has 0 aliphatic rings. The predicted molar refractivity (Wildman–Crippen MR) is 99.0 cm³/mol. The number of rotatable bonds is 7. The average molecular weight is 367 g/mol. The van der Waals surface area contributed by atoms with Crippen molar-refractivity contribution in [2.75, 3.05) is 13.6 Å². The zero-order valence-corrected chi connectivity index (χ0v) is 15.0. The fraction of sp³-hybridized carbons (Fsp3) is 0.211. The van der Waals surface area contributed by atoms with Crippen LogP contribution in [0.3, 0.4) is 0 Å². The highest BCUT2D eigenvalue weighted by atomic mass is 16.3. The van der Waals surface area contributed by atoms with Gasteiger partial charge in [-0.3, -0.25) is 4.79 Å². The van der Waals surface area contributed by atoms with Crippen molar-refractivity contribution in [1.29, 1.82) is 0 Å². The first kappa shape index (κ1) is 18.2. The number of likely N-dealkylation sites (N-methyl/N-ethyl adjacent to an activating group) is 1. The first-order valence-corrected chi connectivity index (χ1v) is 8.49. The number of nitrogens with zero attached hydrogens (tertiary/aromatic N) is 3. The number of benzene rings is 1. The van der Waals surface area contributed by atoms with Crippen LogP contribution in [-0.2, 0) is 17.9 Å². The molecule has 2 N–H and O–H groups in total. The van der Waals surface area contributed by atoms with Crippen molar-refractivity contribution in [2.24, 2.45) is 0 Å². The van der Waals surface area contributed by atoms with Gasteiger partial charge in [0.15, 0.2) is 0 Å². The number of carbonyl (C=O) groups is 2. The second-order valence-corrected chi connectivity index (χ2v) is 5.99. The fourth-order valence-electron chi connectivity index (χ4n) is 2.46. The third kappa shape index (κ3) is 5.21.